The maximum Gasteiger partial charge on any atom is 0.131 e. The molecule has 7 aliphatic heterocycles. The van der Waals surface area contributed by atoms with Gasteiger partial charge in [-0.1, -0.05) is 60.7 Å². The number of aryl methyl sites for hydroxylation is 2. The highest BCUT2D eigenvalue weighted by atomic mass is 16.5. The Hall–Kier alpha value is -5.49. The molecule has 10 heterocycles. The van der Waals surface area contributed by atoms with Gasteiger partial charge in [-0.05, 0) is 96.5 Å². The molecule has 6 aromatic rings. The number of para-hydroxylation sites is 1. The second-order valence-corrected chi connectivity index (χ2v) is 11.2. The number of ether oxygens (including phenoxy) is 2. The molecule has 13 rings (SSSR count). The van der Waals surface area contributed by atoms with Crippen LogP contribution in [0.4, 0.5) is 0 Å². The molecule has 0 spiro atoms. The molecule has 222 valence electrons. The van der Waals surface area contributed by atoms with Crippen molar-refractivity contribution in [2.24, 2.45) is 0 Å². The fourth-order valence-electron chi connectivity index (χ4n) is 5.57. The van der Waals surface area contributed by atoms with Crippen LogP contribution in [0.1, 0.15) is 24.0 Å². The quantitative estimate of drug-likeness (QED) is 0.191. The molecule has 3 aromatic heterocycles. The Kier molecular flexibility index (Phi) is 8.19. The molecule has 0 saturated heterocycles. The minimum Gasteiger partial charge on any atom is -0.507 e. The molecule has 7 aliphatic rings. The largest absolute Gasteiger partial charge is 0.507 e. The summed E-state index contributed by atoms with van der Waals surface area (Å²) in [5.41, 5.74) is 9.03. The highest BCUT2D eigenvalue weighted by molar-refractivity contribution is 5.82. The number of rotatable bonds is 0. The number of benzene rings is 3. The van der Waals surface area contributed by atoms with E-state index < -0.39 is 0 Å². The first-order valence-corrected chi connectivity index (χ1v) is 15.4. The summed E-state index contributed by atoms with van der Waals surface area (Å²) >= 11 is 0. The smallest absolute Gasteiger partial charge is 0.131 e. The van der Waals surface area contributed by atoms with Gasteiger partial charge >= 0.3 is 0 Å². The topological polar surface area (TPSA) is 77.4 Å². The molecule has 0 atom stereocenters. The molecular formula is C39H33N3O3. The monoisotopic (exact) mass is 591 g/mol. The molecule has 0 unspecified atom stereocenters. The Morgan fingerprint density at radius 3 is 1.40 bits per heavy atom. The predicted molar refractivity (Wildman–Crippen MR) is 177 cm³/mol. The van der Waals surface area contributed by atoms with Crippen LogP contribution in [0, 0.1) is 0 Å². The van der Waals surface area contributed by atoms with Crippen molar-refractivity contribution < 1.29 is 14.6 Å². The first-order chi connectivity index (χ1) is 22.2. The lowest BCUT2D eigenvalue weighted by Gasteiger charge is -2.12. The Morgan fingerprint density at radius 2 is 0.956 bits per heavy atom. The Morgan fingerprint density at radius 1 is 0.489 bits per heavy atom. The lowest BCUT2D eigenvalue weighted by Crippen LogP contribution is -2.00. The maximum absolute atomic E-state index is 11.2. The number of aromatic hydroxyl groups is 1. The summed E-state index contributed by atoms with van der Waals surface area (Å²) in [4.78, 5) is 14.2. The number of phenols is 1. The van der Waals surface area contributed by atoms with Crippen molar-refractivity contribution in [1.29, 1.82) is 0 Å². The summed E-state index contributed by atoms with van der Waals surface area (Å²) in [5, 5.41) is 11.2. The molecule has 0 saturated carbocycles. The van der Waals surface area contributed by atoms with E-state index in [9.17, 15) is 5.11 Å². The van der Waals surface area contributed by atoms with Crippen LogP contribution < -0.4 is 9.47 Å². The van der Waals surface area contributed by atoms with Crippen molar-refractivity contribution in [3.8, 4) is 62.3 Å². The standard InChI is InChI=1S/C39H33N3O3/c43-39-33-7-1-8-34(39)30-15-19-32(20-16-30)45-24-4-6-28-12-22-36(41-26-28)38-10-2-9-37(42-38)35-21-11-27(25-40-35)5-3-23-44-31-17-13-29(33)14-18-31/h1-2,7-22,25-26,43H,3-6,23-24H2. The number of aromatic nitrogens is 3. The molecule has 12 bridgehead atoms. The third-order valence-electron chi connectivity index (χ3n) is 8.05. The van der Waals surface area contributed by atoms with Gasteiger partial charge in [-0.3, -0.25) is 9.97 Å². The summed E-state index contributed by atoms with van der Waals surface area (Å²) in [5.74, 6) is 1.85. The van der Waals surface area contributed by atoms with Gasteiger partial charge in [0, 0.05) is 23.5 Å². The van der Waals surface area contributed by atoms with Crippen LogP contribution in [-0.2, 0) is 12.8 Å². The van der Waals surface area contributed by atoms with Crippen molar-refractivity contribution in [3.63, 3.8) is 0 Å². The Labute approximate surface area is 263 Å². The molecule has 0 radical (unpaired) electrons. The molecule has 1 N–H and O–H groups in total. The van der Waals surface area contributed by atoms with E-state index in [4.69, 9.17) is 24.4 Å². The molecular weight excluding hydrogens is 558 g/mol. The molecule has 3 aromatic carbocycles. The third kappa shape index (κ3) is 6.55. The Balaban J connectivity index is 1.13. The van der Waals surface area contributed by atoms with Crippen LogP contribution in [-0.4, -0.2) is 33.3 Å². The second-order valence-electron chi connectivity index (χ2n) is 11.2. The van der Waals surface area contributed by atoms with E-state index in [-0.39, 0.29) is 5.75 Å². The van der Waals surface area contributed by atoms with E-state index >= 15 is 0 Å². The highest BCUT2D eigenvalue weighted by Gasteiger charge is 2.12. The van der Waals surface area contributed by atoms with Crippen LogP contribution >= 0.6 is 0 Å². The van der Waals surface area contributed by atoms with E-state index in [1.807, 2.05) is 109 Å². The normalized spacial score (nSPS) is 13.2. The van der Waals surface area contributed by atoms with Gasteiger partial charge < -0.3 is 14.6 Å². The SMILES string of the molecule is Oc1c2cccc1-c1ccc(cc1)OCCCc1ccc(nc1)-c1cccc(n1)-c1ccc(cn1)CCCOc1ccc-2cc1. The van der Waals surface area contributed by atoms with Crippen LogP contribution in [0.2, 0.25) is 0 Å². The van der Waals surface area contributed by atoms with Gasteiger partial charge in [0.25, 0.3) is 0 Å². The summed E-state index contributed by atoms with van der Waals surface area (Å²) in [6.45, 7) is 1.19. The van der Waals surface area contributed by atoms with E-state index in [2.05, 4.69) is 12.1 Å². The van der Waals surface area contributed by atoms with Gasteiger partial charge in [-0.15, -0.1) is 0 Å². The summed E-state index contributed by atoms with van der Waals surface area (Å²) in [6.07, 6.45) is 7.30. The molecule has 0 fully saturated rings. The van der Waals surface area contributed by atoms with Gasteiger partial charge in [-0.25, -0.2) is 4.98 Å². The van der Waals surface area contributed by atoms with Crippen molar-refractivity contribution in [1.82, 2.24) is 15.0 Å². The number of hydrogen-bond donors (Lipinski definition) is 1. The molecule has 0 amide bonds. The van der Waals surface area contributed by atoms with Crippen LogP contribution in [0.5, 0.6) is 17.2 Å². The average Bonchev–Trinajstić information content (AvgIpc) is 3.10. The number of nitrogens with zero attached hydrogens (tertiary/aromatic N) is 3. The zero-order valence-corrected chi connectivity index (χ0v) is 24.9. The number of hydrogen-bond acceptors (Lipinski definition) is 6. The fourth-order valence-corrected chi connectivity index (χ4v) is 5.57. The first kappa shape index (κ1) is 28.3. The van der Waals surface area contributed by atoms with Crippen molar-refractivity contribution >= 4 is 0 Å². The van der Waals surface area contributed by atoms with E-state index in [0.717, 1.165) is 93.3 Å². The summed E-state index contributed by atoms with van der Waals surface area (Å²) < 4.78 is 12.0. The zero-order valence-electron chi connectivity index (χ0n) is 24.9. The zero-order chi connectivity index (χ0) is 30.4. The summed E-state index contributed by atoms with van der Waals surface area (Å²) in [6, 6.07) is 35.8. The minimum atomic E-state index is 0.252. The van der Waals surface area contributed by atoms with Gasteiger partial charge in [0.15, 0.2) is 0 Å². The first-order valence-electron chi connectivity index (χ1n) is 15.4. The maximum atomic E-state index is 11.2. The van der Waals surface area contributed by atoms with Gasteiger partial charge in [0.1, 0.15) is 17.2 Å². The fraction of sp³-hybridized carbons (Fsp3) is 0.154. The number of phenolic OH excluding ortho intramolecular Hbond substituents is 1. The molecule has 6 heteroatoms. The van der Waals surface area contributed by atoms with Gasteiger partial charge in [-0.2, -0.15) is 0 Å². The lowest BCUT2D eigenvalue weighted by molar-refractivity contribution is 0.311. The number of pyridine rings is 3. The van der Waals surface area contributed by atoms with E-state index in [1.165, 1.54) is 0 Å². The van der Waals surface area contributed by atoms with Crippen molar-refractivity contribution in [2.75, 3.05) is 13.2 Å². The predicted octanol–water partition coefficient (Wildman–Crippen LogP) is 8.58. The van der Waals surface area contributed by atoms with Crippen LogP contribution in [0.25, 0.3) is 45.0 Å². The molecule has 45 heavy (non-hydrogen) atoms. The third-order valence-corrected chi connectivity index (χ3v) is 8.05. The average molecular weight is 592 g/mol. The van der Waals surface area contributed by atoms with Gasteiger partial charge in [0.2, 0.25) is 0 Å². The van der Waals surface area contributed by atoms with Crippen molar-refractivity contribution in [2.45, 2.75) is 25.7 Å². The van der Waals surface area contributed by atoms with Crippen molar-refractivity contribution in [3.05, 3.63) is 133 Å². The van der Waals surface area contributed by atoms with E-state index in [0.29, 0.717) is 13.2 Å². The second kappa shape index (κ2) is 13.0. The minimum absolute atomic E-state index is 0.252. The van der Waals surface area contributed by atoms with E-state index in [1.54, 1.807) is 0 Å². The summed E-state index contributed by atoms with van der Waals surface area (Å²) in [7, 11) is 0. The Bertz CT molecular complexity index is 1750. The highest BCUT2D eigenvalue weighted by Crippen LogP contribution is 2.39. The van der Waals surface area contributed by atoms with Crippen LogP contribution in [0.3, 0.4) is 0 Å². The molecule has 0 aliphatic carbocycles. The molecule has 6 nitrogen and oxygen atoms in total. The van der Waals surface area contributed by atoms with Gasteiger partial charge in [0.05, 0.1) is 36.0 Å². The van der Waals surface area contributed by atoms with Crippen LogP contribution in [0.15, 0.2) is 122 Å². The lowest BCUT2D eigenvalue weighted by atomic mass is 9.97.